The van der Waals surface area contributed by atoms with E-state index in [1.54, 1.807) is 23.3 Å². The van der Waals surface area contributed by atoms with Gasteiger partial charge in [-0.2, -0.15) is 0 Å². The van der Waals surface area contributed by atoms with Crippen LogP contribution in [0.1, 0.15) is 26.0 Å². The van der Waals surface area contributed by atoms with Gasteiger partial charge in [-0.05, 0) is 18.1 Å². The van der Waals surface area contributed by atoms with Crippen LogP contribution >= 0.6 is 0 Å². The van der Waals surface area contributed by atoms with Crippen molar-refractivity contribution >= 4 is 17.8 Å². The van der Waals surface area contributed by atoms with Crippen LogP contribution in [-0.2, 0) is 25.7 Å². The Morgan fingerprint density at radius 1 is 1.48 bits per heavy atom. The second kappa shape index (κ2) is 7.30. The SMILES string of the molecule is COC(=O)C(NC(=O)C1CC(=O)N(Cc2ccco2)C1)C(C)C. The van der Waals surface area contributed by atoms with Gasteiger partial charge in [-0.3, -0.25) is 9.59 Å². The number of ether oxygens (including phenoxy) is 1. The Kier molecular flexibility index (Phi) is 5.41. The van der Waals surface area contributed by atoms with Crippen LogP contribution in [0.5, 0.6) is 0 Å². The average Bonchev–Trinajstić information content (AvgIpc) is 3.14. The highest BCUT2D eigenvalue weighted by atomic mass is 16.5. The molecule has 1 fully saturated rings. The average molecular weight is 322 g/mol. The lowest BCUT2D eigenvalue weighted by atomic mass is 10.0. The number of methoxy groups -OCH3 is 1. The molecule has 0 aromatic carbocycles. The highest BCUT2D eigenvalue weighted by Gasteiger charge is 2.36. The summed E-state index contributed by atoms with van der Waals surface area (Å²) in [5, 5.41) is 2.69. The molecule has 0 radical (unpaired) electrons. The molecular weight excluding hydrogens is 300 g/mol. The third kappa shape index (κ3) is 4.12. The molecule has 0 aliphatic carbocycles. The van der Waals surface area contributed by atoms with Crippen LogP contribution in [-0.4, -0.2) is 42.4 Å². The van der Waals surface area contributed by atoms with Gasteiger partial charge in [-0.25, -0.2) is 4.79 Å². The summed E-state index contributed by atoms with van der Waals surface area (Å²) in [6.45, 7) is 4.31. The lowest BCUT2D eigenvalue weighted by Gasteiger charge is -2.21. The number of likely N-dealkylation sites (tertiary alicyclic amines) is 1. The van der Waals surface area contributed by atoms with Crippen molar-refractivity contribution in [3.8, 4) is 0 Å². The van der Waals surface area contributed by atoms with Crippen molar-refractivity contribution in [3.63, 3.8) is 0 Å². The minimum absolute atomic E-state index is 0.0947. The quantitative estimate of drug-likeness (QED) is 0.788. The summed E-state index contributed by atoms with van der Waals surface area (Å²) in [7, 11) is 1.29. The molecule has 1 saturated heterocycles. The largest absolute Gasteiger partial charge is 0.467 e. The first-order valence-corrected chi connectivity index (χ1v) is 7.60. The molecular formula is C16H22N2O5. The van der Waals surface area contributed by atoms with Crippen molar-refractivity contribution in [3.05, 3.63) is 24.2 Å². The van der Waals surface area contributed by atoms with Gasteiger partial charge < -0.3 is 19.4 Å². The van der Waals surface area contributed by atoms with E-state index in [-0.39, 0.29) is 24.2 Å². The van der Waals surface area contributed by atoms with Gasteiger partial charge >= 0.3 is 5.97 Å². The predicted molar refractivity (Wildman–Crippen MR) is 81.0 cm³/mol. The summed E-state index contributed by atoms with van der Waals surface area (Å²) >= 11 is 0. The van der Waals surface area contributed by atoms with Crippen molar-refractivity contribution in [2.45, 2.75) is 32.9 Å². The zero-order chi connectivity index (χ0) is 17.0. The Morgan fingerprint density at radius 3 is 2.78 bits per heavy atom. The summed E-state index contributed by atoms with van der Waals surface area (Å²) in [5.74, 6) is -0.768. The van der Waals surface area contributed by atoms with E-state index >= 15 is 0 Å². The molecule has 1 aromatic rings. The first-order chi connectivity index (χ1) is 10.9. The van der Waals surface area contributed by atoms with Crippen LogP contribution in [0.4, 0.5) is 0 Å². The second-order valence-electron chi connectivity index (χ2n) is 6.01. The van der Waals surface area contributed by atoms with Crippen LogP contribution in [0.2, 0.25) is 0 Å². The molecule has 1 aliphatic heterocycles. The Bertz CT molecular complexity index is 567. The van der Waals surface area contributed by atoms with Crippen molar-refractivity contribution in [1.82, 2.24) is 10.2 Å². The van der Waals surface area contributed by atoms with E-state index in [0.717, 1.165) is 0 Å². The summed E-state index contributed by atoms with van der Waals surface area (Å²) in [6, 6.07) is 2.83. The Balaban J connectivity index is 1.95. The van der Waals surface area contributed by atoms with Crippen molar-refractivity contribution in [2.24, 2.45) is 11.8 Å². The first-order valence-electron chi connectivity index (χ1n) is 7.60. The number of furan rings is 1. The third-order valence-electron chi connectivity index (χ3n) is 3.93. The molecule has 0 spiro atoms. The van der Waals surface area contributed by atoms with E-state index < -0.39 is 17.9 Å². The molecule has 2 amide bonds. The van der Waals surface area contributed by atoms with Gasteiger partial charge in [0.15, 0.2) is 0 Å². The van der Waals surface area contributed by atoms with Crippen molar-refractivity contribution < 1.29 is 23.5 Å². The molecule has 2 rings (SSSR count). The van der Waals surface area contributed by atoms with Crippen LogP contribution in [0.15, 0.2) is 22.8 Å². The Morgan fingerprint density at radius 2 is 2.22 bits per heavy atom. The van der Waals surface area contributed by atoms with E-state index in [2.05, 4.69) is 5.32 Å². The first kappa shape index (κ1) is 17.1. The van der Waals surface area contributed by atoms with E-state index in [4.69, 9.17) is 9.15 Å². The fourth-order valence-electron chi connectivity index (χ4n) is 2.59. The zero-order valence-corrected chi connectivity index (χ0v) is 13.6. The molecule has 2 heterocycles. The van der Waals surface area contributed by atoms with Crippen molar-refractivity contribution in [1.29, 1.82) is 0 Å². The number of hydrogen-bond donors (Lipinski definition) is 1. The Labute approximate surface area is 135 Å². The molecule has 1 aliphatic rings. The van der Waals surface area contributed by atoms with E-state index in [1.807, 2.05) is 13.8 Å². The van der Waals surface area contributed by atoms with Gasteiger partial charge in [0.25, 0.3) is 0 Å². The molecule has 23 heavy (non-hydrogen) atoms. The van der Waals surface area contributed by atoms with E-state index in [9.17, 15) is 14.4 Å². The number of esters is 1. The predicted octanol–water partition coefficient (Wildman–Crippen LogP) is 0.942. The number of nitrogens with zero attached hydrogens (tertiary/aromatic N) is 1. The van der Waals surface area contributed by atoms with Gasteiger partial charge in [0.1, 0.15) is 11.8 Å². The minimum atomic E-state index is -0.707. The maximum atomic E-state index is 12.4. The number of rotatable bonds is 6. The van der Waals surface area contributed by atoms with Gasteiger partial charge in [0.2, 0.25) is 11.8 Å². The van der Waals surface area contributed by atoms with Gasteiger partial charge in [-0.15, -0.1) is 0 Å². The monoisotopic (exact) mass is 322 g/mol. The van der Waals surface area contributed by atoms with Gasteiger partial charge in [0.05, 0.1) is 25.8 Å². The summed E-state index contributed by atoms with van der Waals surface area (Å²) in [5.41, 5.74) is 0. The summed E-state index contributed by atoms with van der Waals surface area (Å²) < 4.78 is 9.93. The molecule has 1 aromatic heterocycles. The van der Waals surface area contributed by atoms with Crippen LogP contribution in [0.3, 0.4) is 0 Å². The van der Waals surface area contributed by atoms with Gasteiger partial charge in [-0.1, -0.05) is 13.8 Å². The highest BCUT2D eigenvalue weighted by Crippen LogP contribution is 2.21. The molecule has 0 saturated carbocycles. The van der Waals surface area contributed by atoms with Crippen LogP contribution in [0.25, 0.3) is 0 Å². The number of carbonyl (C=O) groups excluding carboxylic acids is 3. The fourth-order valence-corrected chi connectivity index (χ4v) is 2.59. The number of amides is 2. The summed E-state index contributed by atoms with van der Waals surface area (Å²) in [6.07, 6.45) is 1.68. The van der Waals surface area contributed by atoms with Crippen LogP contribution in [0, 0.1) is 11.8 Å². The smallest absolute Gasteiger partial charge is 0.328 e. The molecule has 126 valence electrons. The third-order valence-corrected chi connectivity index (χ3v) is 3.93. The zero-order valence-electron chi connectivity index (χ0n) is 13.6. The maximum absolute atomic E-state index is 12.4. The number of carbonyl (C=O) groups is 3. The van der Waals surface area contributed by atoms with E-state index in [1.165, 1.54) is 7.11 Å². The molecule has 0 bridgehead atoms. The summed E-state index contributed by atoms with van der Waals surface area (Å²) in [4.78, 5) is 37.7. The molecule has 7 nitrogen and oxygen atoms in total. The standard InChI is InChI=1S/C16H22N2O5/c1-10(2)14(16(21)22-3)17-15(20)11-7-13(19)18(8-11)9-12-5-4-6-23-12/h4-6,10-11,14H,7-9H2,1-3H3,(H,17,20). The van der Waals surface area contributed by atoms with E-state index in [0.29, 0.717) is 18.8 Å². The molecule has 7 heteroatoms. The van der Waals surface area contributed by atoms with Gasteiger partial charge in [0, 0.05) is 13.0 Å². The van der Waals surface area contributed by atoms with Crippen molar-refractivity contribution in [2.75, 3.05) is 13.7 Å². The number of nitrogens with one attached hydrogen (secondary N) is 1. The molecule has 2 unspecified atom stereocenters. The Hall–Kier alpha value is -2.31. The highest BCUT2D eigenvalue weighted by molar-refractivity contribution is 5.91. The lowest BCUT2D eigenvalue weighted by Crippen LogP contribution is -2.47. The molecule has 1 N–H and O–H groups in total. The molecule has 2 atom stereocenters. The number of hydrogen-bond acceptors (Lipinski definition) is 5. The lowest BCUT2D eigenvalue weighted by molar-refractivity contribution is -0.146. The topological polar surface area (TPSA) is 88.8 Å². The van der Waals surface area contributed by atoms with Crippen LogP contribution < -0.4 is 5.32 Å². The minimum Gasteiger partial charge on any atom is -0.467 e. The normalized spacial score (nSPS) is 19.0. The maximum Gasteiger partial charge on any atom is 0.328 e. The fraction of sp³-hybridized carbons (Fsp3) is 0.562. The second-order valence-corrected chi connectivity index (χ2v) is 6.01.